The number of β-lactam (4-membered cyclic amide) rings is 1. The first kappa shape index (κ1) is 27.0. The molecule has 2 aliphatic rings. The number of ether oxygens (including phenoxy) is 1. The van der Waals surface area contributed by atoms with Crippen LogP contribution in [-0.4, -0.2) is 73.7 Å². The number of rotatable bonds is 8. The Balaban J connectivity index is 1.89. The van der Waals surface area contributed by atoms with Gasteiger partial charge in [0.05, 0.1) is 36.3 Å². The highest BCUT2D eigenvalue weighted by Gasteiger charge is 2.59. The van der Waals surface area contributed by atoms with Gasteiger partial charge in [-0.15, -0.1) is 23.5 Å². The maximum absolute atomic E-state index is 12.5. The molecule has 34 heavy (non-hydrogen) atoms. The van der Waals surface area contributed by atoms with E-state index in [-0.39, 0.29) is 36.4 Å². The highest BCUT2D eigenvalue weighted by Crippen LogP contribution is 2.51. The van der Waals surface area contributed by atoms with Crippen molar-refractivity contribution in [2.45, 2.75) is 39.2 Å². The van der Waals surface area contributed by atoms with E-state index in [4.69, 9.17) is 4.74 Å². The number of fused-ring (bicyclic) bond motifs is 1. The molecule has 0 aromatic heterocycles. The smallest absolute Gasteiger partial charge is 0.442 e. The quantitative estimate of drug-likeness (QED) is 0.341. The largest absolute Gasteiger partial charge is 0.480 e. The molecule has 2 unspecified atom stereocenters. The molecule has 2 fully saturated rings. The zero-order valence-corrected chi connectivity index (χ0v) is 21.4. The first-order valence-electron chi connectivity index (χ1n) is 9.70. The molecule has 2 amide bonds. The lowest BCUT2D eigenvalue weighted by Gasteiger charge is -2.53. The van der Waals surface area contributed by atoms with Gasteiger partial charge < -0.3 is 20.1 Å². The van der Waals surface area contributed by atoms with Crippen molar-refractivity contribution in [2.75, 3.05) is 18.9 Å². The van der Waals surface area contributed by atoms with Crippen LogP contribution >= 0.6 is 51.2 Å². The minimum absolute atomic E-state index is 0.145. The molecule has 2 N–H and O–H groups in total. The van der Waals surface area contributed by atoms with E-state index in [0.29, 0.717) is 9.37 Å². The van der Waals surface area contributed by atoms with Gasteiger partial charge in [0, 0.05) is 9.37 Å². The number of nitrogens with one attached hydrogen (secondary N) is 1. The zero-order chi connectivity index (χ0) is 25.3. The summed E-state index contributed by atoms with van der Waals surface area (Å²) in [6.07, 6.45) is 0.145. The number of hydrogen-bond acceptors (Lipinski definition) is 8. The summed E-state index contributed by atoms with van der Waals surface area (Å²) in [7, 11) is 0. The van der Waals surface area contributed by atoms with Gasteiger partial charge in [-0.1, -0.05) is 0 Å². The average molecular weight is 603 g/mol. The van der Waals surface area contributed by atoms with Gasteiger partial charge in [-0.05, 0) is 52.8 Å². The second-order valence-electron chi connectivity index (χ2n) is 7.16. The highest BCUT2D eigenvalue weighted by molar-refractivity contribution is 9.10. The van der Waals surface area contributed by atoms with E-state index in [9.17, 15) is 37.5 Å². The number of carbonyl (C=O) groups excluding carboxylic acids is 3. The number of hydrogen-bond donors (Lipinski definition) is 2. The maximum atomic E-state index is 12.5. The lowest BCUT2D eigenvalue weighted by atomic mass is 10.0. The van der Waals surface area contributed by atoms with Gasteiger partial charge in [0.2, 0.25) is 11.8 Å². The minimum Gasteiger partial charge on any atom is -0.480 e. The van der Waals surface area contributed by atoms with Crippen LogP contribution in [0.15, 0.2) is 27.6 Å². The molecular formula is C19H18BrF3N2O6S3. The van der Waals surface area contributed by atoms with E-state index >= 15 is 0 Å². The summed E-state index contributed by atoms with van der Waals surface area (Å²) in [6, 6.07) is 4.40. The summed E-state index contributed by atoms with van der Waals surface area (Å²) in [5, 5.41) is 11.1. The van der Waals surface area contributed by atoms with Crippen LogP contribution in [0.3, 0.4) is 0 Å². The van der Waals surface area contributed by atoms with Gasteiger partial charge in [0.15, 0.2) is 4.75 Å². The van der Waals surface area contributed by atoms with Gasteiger partial charge >= 0.3 is 17.4 Å². The third-order valence-electron chi connectivity index (χ3n) is 4.90. The topological polar surface area (TPSA) is 113 Å². The molecule has 0 saturated carbocycles. The van der Waals surface area contributed by atoms with Crippen LogP contribution in [0.25, 0.3) is 0 Å². The Labute approximate surface area is 213 Å². The van der Waals surface area contributed by atoms with E-state index in [2.05, 4.69) is 21.2 Å². The fourth-order valence-electron chi connectivity index (χ4n) is 3.26. The number of aliphatic carboxylic acids is 1. The van der Waals surface area contributed by atoms with Crippen LogP contribution in [0.4, 0.5) is 13.2 Å². The Morgan fingerprint density at radius 2 is 2.09 bits per heavy atom. The third kappa shape index (κ3) is 5.97. The predicted octanol–water partition coefficient (Wildman–Crippen LogP) is 3.54. The van der Waals surface area contributed by atoms with Crippen LogP contribution < -0.4 is 5.32 Å². The molecule has 2 heterocycles. The van der Waals surface area contributed by atoms with Crippen molar-refractivity contribution in [1.82, 2.24) is 10.2 Å². The number of carboxylic acid groups (broad SMARTS) is 1. The molecule has 1 aromatic rings. The van der Waals surface area contributed by atoms with E-state index in [1.54, 1.807) is 6.92 Å². The summed E-state index contributed by atoms with van der Waals surface area (Å²) >= 11 is 4.64. The van der Waals surface area contributed by atoms with Crippen LogP contribution in [0, 0.1) is 0 Å². The Morgan fingerprint density at radius 3 is 2.65 bits per heavy atom. The molecule has 15 heteroatoms. The number of nitrogens with zero attached hydrogens (tertiary/aromatic N) is 1. The SMILES string of the molecule is CCOC(=O)c1ccc(SC2(C(=O)O)CN3C(=O)C[C@H]3SC2NC(=O)CSC(F)(F)F)c(Br)c1. The molecule has 8 nitrogen and oxygen atoms in total. The second kappa shape index (κ2) is 10.6. The predicted molar refractivity (Wildman–Crippen MR) is 124 cm³/mol. The van der Waals surface area contributed by atoms with Gasteiger partial charge in [-0.25, -0.2) is 4.79 Å². The number of carboxylic acids is 1. The number of carbonyl (C=O) groups is 4. The molecule has 0 radical (unpaired) electrons. The second-order valence-corrected chi connectivity index (χ2v) is 11.7. The van der Waals surface area contributed by atoms with Gasteiger partial charge in [-0.3, -0.25) is 14.4 Å². The highest BCUT2D eigenvalue weighted by atomic mass is 79.9. The van der Waals surface area contributed by atoms with E-state index in [1.807, 2.05) is 0 Å². The molecule has 0 aliphatic carbocycles. The molecular weight excluding hydrogens is 585 g/mol. The van der Waals surface area contributed by atoms with Crippen LogP contribution in [-0.2, 0) is 19.1 Å². The molecule has 0 spiro atoms. The first-order chi connectivity index (χ1) is 15.9. The normalized spacial score (nSPS) is 24.1. The lowest BCUT2D eigenvalue weighted by molar-refractivity contribution is -0.147. The standard InChI is InChI=1S/C19H18BrF3N2O6S3/c1-2-31-15(28)9-3-4-11(10(20)5-9)34-18(17(29)30)8-25-13(27)6-14(25)33-16(18)24-12(26)7-32-19(21,22)23/h3-5,14,16H,2,6-8H2,1H3,(H,24,26)(H,29,30)/t14-,16?,18?/m1/s1. The minimum atomic E-state index is -4.61. The summed E-state index contributed by atoms with van der Waals surface area (Å²) in [4.78, 5) is 50.6. The molecule has 2 saturated heterocycles. The van der Waals surface area contributed by atoms with Gasteiger partial charge in [0.25, 0.3) is 0 Å². The molecule has 3 rings (SSSR count). The number of halogens is 4. The maximum Gasteiger partial charge on any atom is 0.442 e. The van der Waals surface area contributed by atoms with Crippen LogP contribution in [0.5, 0.6) is 0 Å². The first-order valence-corrected chi connectivity index (χ1v) is 13.2. The van der Waals surface area contributed by atoms with Crippen molar-refractivity contribution in [2.24, 2.45) is 0 Å². The number of alkyl halides is 3. The third-order valence-corrected chi connectivity index (χ3v) is 9.70. The fraction of sp³-hybridized carbons (Fsp3) is 0.474. The van der Waals surface area contributed by atoms with E-state index in [1.165, 1.54) is 23.1 Å². The number of amides is 2. The lowest BCUT2D eigenvalue weighted by Crippen LogP contribution is -2.69. The van der Waals surface area contributed by atoms with Crippen molar-refractivity contribution in [3.63, 3.8) is 0 Å². The van der Waals surface area contributed by atoms with Crippen molar-refractivity contribution >= 4 is 75.0 Å². The number of esters is 1. The van der Waals surface area contributed by atoms with E-state index < -0.39 is 51.0 Å². The molecule has 1 aromatic carbocycles. The Hall–Kier alpha value is -1.58. The van der Waals surface area contributed by atoms with Crippen molar-refractivity contribution in [3.8, 4) is 0 Å². The average Bonchev–Trinajstić information content (AvgIpc) is 2.74. The number of benzene rings is 1. The van der Waals surface area contributed by atoms with E-state index in [0.717, 1.165) is 23.5 Å². The van der Waals surface area contributed by atoms with Crippen molar-refractivity contribution in [1.29, 1.82) is 0 Å². The Kier molecular flexibility index (Phi) is 8.41. The molecule has 3 atom stereocenters. The van der Waals surface area contributed by atoms with Gasteiger partial charge in [-0.2, -0.15) is 13.2 Å². The summed E-state index contributed by atoms with van der Waals surface area (Å²) < 4.78 is 41.0. The van der Waals surface area contributed by atoms with Crippen molar-refractivity contribution < 1.29 is 42.2 Å². The Morgan fingerprint density at radius 1 is 1.38 bits per heavy atom. The van der Waals surface area contributed by atoms with Crippen molar-refractivity contribution in [3.05, 3.63) is 28.2 Å². The molecule has 2 aliphatic heterocycles. The van der Waals surface area contributed by atoms with Crippen LogP contribution in [0.2, 0.25) is 0 Å². The van der Waals surface area contributed by atoms with Gasteiger partial charge in [0.1, 0.15) is 5.37 Å². The summed E-state index contributed by atoms with van der Waals surface area (Å²) in [5.74, 6) is -4.06. The number of thioether (sulfide) groups is 3. The molecule has 0 bridgehead atoms. The molecule has 186 valence electrons. The monoisotopic (exact) mass is 602 g/mol. The summed E-state index contributed by atoms with van der Waals surface area (Å²) in [6.45, 7) is 1.57. The van der Waals surface area contributed by atoms with Crippen LogP contribution in [0.1, 0.15) is 23.7 Å². The Bertz CT molecular complexity index is 1010. The fourth-order valence-corrected chi connectivity index (χ4v) is 7.20. The zero-order valence-electron chi connectivity index (χ0n) is 17.4. The summed E-state index contributed by atoms with van der Waals surface area (Å²) in [5.41, 5.74) is -4.38.